The first-order chi connectivity index (χ1) is 12.1. The quantitative estimate of drug-likeness (QED) is 0.452. The van der Waals surface area contributed by atoms with E-state index in [1.54, 1.807) is 48.5 Å². The SMILES string of the molecule is O=C(CCC(=O)c1ccccc1)NNC(=O)CSc1ccccc1F. The normalized spacial score (nSPS) is 10.1. The Labute approximate surface area is 149 Å². The van der Waals surface area contributed by atoms with E-state index < -0.39 is 17.6 Å². The van der Waals surface area contributed by atoms with Crippen LogP contribution in [0.15, 0.2) is 59.5 Å². The highest BCUT2D eigenvalue weighted by Crippen LogP contribution is 2.20. The van der Waals surface area contributed by atoms with Crippen LogP contribution in [0.25, 0.3) is 0 Å². The maximum Gasteiger partial charge on any atom is 0.248 e. The van der Waals surface area contributed by atoms with Gasteiger partial charge in [-0.2, -0.15) is 0 Å². The van der Waals surface area contributed by atoms with Crippen LogP contribution >= 0.6 is 11.8 Å². The van der Waals surface area contributed by atoms with Crippen LogP contribution in [0.3, 0.4) is 0 Å². The molecule has 0 bridgehead atoms. The van der Waals surface area contributed by atoms with E-state index in [1.807, 2.05) is 0 Å². The summed E-state index contributed by atoms with van der Waals surface area (Å²) in [5, 5.41) is 0. The van der Waals surface area contributed by atoms with Gasteiger partial charge in [0.2, 0.25) is 11.8 Å². The number of halogens is 1. The van der Waals surface area contributed by atoms with Gasteiger partial charge in [0.25, 0.3) is 0 Å². The van der Waals surface area contributed by atoms with Gasteiger partial charge < -0.3 is 0 Å². The highest BCUT2D eigenvalue weighted by Gasteiger charge is 2.10. The average molecular weight is 360 g/mol. The molecular formula is C18H17FN2O3S. The zero-order chi connectivity index (χ0) is 18.1. The number of carbonyl (C=O) groups is 3. The molecule has 0 saturated heterocycles. The van der Waals surface area contributed by atoms with Crippen LogP contribution in [0.5, 0.6) is 0 Å². The van der Waals surface area contributed by atoms with E-state index in [1.165, 1.54) is 6.07 Å². The van der Waals surface area contributed by atoms with E-state index >= 15 is 0 Å². The zero-order valence-corrected chi connectivity index (χ0v) is 14.1. The Kier molecular flexibility index (Phi) is 7.16. The number of rotatable bonds is 7. The maximum atomic E-state index is 13.4. The minimum Gasteiger partial charge on any atom is -0.294 e. The summed E-state index contributed by atoms with van der Waals surface area (Å²) in [6.07, 6.45) is 0.0180. The average Bonchev–Trinajstić information content (AvgIpc) is 2.64. The van der Waals surface area contributed by atoms with Gasteiger partial charge in [0.1, 0.15) is 5.82 Å². The topological polar surface area (TPSA) is 75.3 Å². The molecular weight excluding hydrogens is 343 g/mol. The van der Waals surface area contributed by atoms with Crippen molar-refractivity contribution in [2.24, 2.45) is 0 Å². The van der Waals surface area contributed by atoms with Crippen molar-refractivity contribution in [2.75, 3.05) is 5.75 Å². The van der Waals surface area contributed by atoms with Crippen LogP contribution in [0.1, 0.15) is 23.2 Å². The number of hydrazine groups is 1. The van der Waals surface area contributed by atoms with Crippen molar-refractivity contribution in [3.05, 3.63) is 66.0 Å². The monoisotopic (exact) mass is 360 g/mol. The lowest BCUT2D eigenvalue weighted by molar-refractivity contribution is -0.127. The van der Waals surface area contributed by atoms with E-state index in [9.17, 15) is 18.8 Å². The number of amides is 2. The van der Waals surface area contributed by atoms with Gasteiger partial charge in [-0.3, -0.25) is 25.2 Å². The van der Waals surface area contributed by atoms with Crippen LogP contribution in [-0.4, -0.2) is 23.4 Å². The molecule has 2 rings (SSSR count). The fourth-order valence-electron chi connectivity index (χ4n) is 1.94. The highest BCUT2D eigenvalue weighted by atomic mass is 32.2. The molecule has 0 aromatic heterocycles. The first-order valence-corrected chi connectivity index (χ1v) is 8.58. The molecule has 130 valence electrons. The predicted octanol–water partition coefficient (Wildman–Crippen LogP) is 2.73. The van der Waals surface area contributed by atoms with Crippen molar-refractivity contribution >= 4 is 29.4 Å². The van der Waals surface area contributed by atoms with Crippen molar-refractivity contribution in [1.29, 1.82) is 0 Å². The number of hydrogen-bond donors (Lipinski definition) is 2. The van der Waals surface area contributed by atoms with E-state index in [-0.39, 0.29) is 24.4 Å². The Morgan fingerprint density at radius 3 is 2.20 bits per heavy atom. The van der Waals surface area contributed by atoms with E-state index in [2.05, 4.69) is 10.9 Å². The Morgan fingerprint density at radius 2 is 1.48 bits per heavy atom. The third-order valence-electron chi connectivity index (χ3n) is 3.21. The van der Waals surface area contributed by atoms with Gasteiger partial charge >= 0.3 is 0 Å². The Balaban J connectivity index is 1.66. The molecule has 2 aromatic rings. The molecule has 0 atom stereocenters. The molecule has 5 nitrogen and oxygen atoms in total. The molecule has 0 saturated carbocycles. The molecule has 7 heteroatoms. The lowest BCUT2D eigenvalue weighted by Gasteiger charge is -2.07. The molecule has 25 heavy (non-hydrogen) atoms. The van der Waals surface area contributed by atoms with Gasteiger partial charge in [0, 0.05) is 23.3 Å². The van der Waals surface area contributed by atoms with Gasteiger partial charge in [-0.25, -0.2) is 4.39 Å². The number of thioether (sulfide) groups is 1. The Bertz CT molecular complexity index is 753. The summed E-state index contributed by atoms with van der Waals surface area (Å²) in [6, 6.07) is 14.8. The Hall–Kier alpha value is -2.67. The summed E-state index contributed by atoms with van der Waals surface area (Å²) >= 11 is 1.03. The summed E-state index contributed by atoms with van der Waals surface area (Å²) < 4.78 is 13.4. The van der Waals surface area contributed by atoms with Crippen molar-refractivity contribution in [1.82, 2.24) is 10.9 Å². The van der Waals surface area contributed by atoms with Crippen molar-refractivity contribution in [3.63, 3.8) is 0 Å². The minimum absolute atomic E-state index is 0.0333. The number of nitrogens with one attached hydrogen (secondary N) is 2. The van der Waals surface area contributed by atoms with Gasteiger partial charge in [0.15, 0.2) is 5.78 Å². The number of hydrogen-bond acceptors (Lipinski definition) is 4. The number of ketones is 1. The standard InChI is InChI=1S/C18H17FN2O3S/c19-14-8-4-5-9-16(14)25-12-18(24)21-20-17(23)11-10-15(22)13-6-2-1-3-7-13/h1-9H,10-12H2,(H,20,23)(H,21,24). The van der Waals surface area contributed by atoms with Crippen molar-refractivity contribution in [3.8, 4) is 0 Å². The predicted molar refractivity (Wildman–Crippen MR) is 93.4 cm³/mol. The second-order valence-corrected chi connectivity index (χ2v) is 6.12. The summed E-state index contributed by atoms with van der Waals surface area (Å²) in [4.78, 5) is 35.6. The van der Waals surface area contributed by atoms with Crippen molar-refractivity contribution in [2.45, 2.75) is 17.7 Å². The van der Waals surface area contributed by atoms with E-state index in [0.717, 1.165) is 11.8 Å². The summed E-state index contributed by atoms with van der Waals surface area (Å²) in [5.74, 6) is -1.50. The number of Topliss-reactive ketones (excluding diaryl/α,β-unsaturated/α-hetero) is 1. The van der Waals surface area contributed by atoms with Gasteiger partial charge in [0.05, 0.1) is 5.75 Å². The number of carbonyl (C=O) groups excluding carboxylic acids is 3. The molecule has 0 spiro atoms. The third-order valence-corrected chi connectivity index (χ3v) is 4.26. The summed E-state index contributed by atoms with van der Waals surface area (Å²) in [7, 11) is 0. The number of benzene rings is 2. The molecule has 0 aliphatic heterocycles. The maximum absolute atomic E-state index is 13.4. The second-order valence-electron chi connectivity index (χ2n) is 5.10. The van der Waals surface area contributed by atoms with Crippen LogP contribution < -0.4 is 10.9 Å². The lowest BCUT2D eigenvalue weighted by Crippen LogP contribution is -2.42. The molecule has 2 aromatic carbocycles. The van der Waals surface area contributed by atoms with Crippen LogP contribution in [-0.2, 0) is 9.59 Å². The molecule has 0 aliphatic carbocycles. The van der Waals surface area contributed by atoms with Crippen LogP contribution in [0, 0.1) is 5.82 Å². The molecule has 0 heterocycles. The van der Waals surface area contributed by atoms with Gasteiger partial charge in [-0.05, 0) is 12.1 Å². The zero-order valence-electron chi connectivity index (χ0n) is 13.3. The first-order valence-electron chi connectivity index (χ1n) is 7.59. The third kappa shape index (κ3) is 6.39. The van der Waals surface area contributed by atoms with Crippen molar-refractivity contribution < 1.29 is 18.8 Å². The second kappa shape index (κ2) is 9.58. The first kappa shape index (κ1) is 18.7. The molecule has 0 unspecified atom stereocenters. The highest BCUT2D eigenvalue weighted by molar-refractivity contribution is 8.00. The van der Waals surface area contributed by atoms with E-state index in [4.69, 9.17) is 0 Å². The van der Waals surface area contributed by atoms with Gasteiger partial charge in [-0.1, -0.05) is 42.5 Å². The van der Waals surface area contributed by atoms with Crippen LogP contribution in [0.2, 0.25) is 0 Å². The molecule has 0 radical (unpaired) electrons. The minimum atomic E-state index is -0.464. The van der Waals surface area contributed by atoms with E-state index in [0.29, 0.717) is 10.5 Å². The summed E-state index contributed by atoms with van der Waals surface area (Å²) in [5.41, 5.74) is 5.03. The van der Waals surface area contributed by atoms with Crippen LogP contribution in [0.4, 0.5) is 4.39 Å². The molecule has 0 fully saturated rings. The molecule has 2 amide bonds. The largest absolute Gasteiger partial charge is 0.294 e. The smallest absolute Gasteiger partial charge is 0.248 e. The Morgan fingerprint density at radius 1 is 0.840 bits per heavy atom. The lowest BCUT2D eigenvalue weighted by atomic mass is 10.1. The van der Waals surface area contributed by atoms with Gasteiger partial charge in [-0.15, -0.1) is 11.8 Å². The fraction of sp³-hybridized carbons (Fsp3) is 0.167. The fourth-order valence-corrected chi connectivity index (χ4v) is 2.68. The molecule has 2 N–H and O–H groups in total. The summed E-state index contributed by atoms with van der Waals surface area (Å²) in [6.45, 7) is 0. The molecule has 0 aliphatic rings.